The minimum atomic E-state index is 0.0143. The Kier molecular flexibility index (Phi) is 5.09. The summed E-state index contributed by atoms with van der Waals surface area (Å²) in [6, 6.07) is 18.8. The summed E-state index contributed by atoms with van der Waals surface area (Å²) < 4.78 is 11.3. The Morgan fingerprint density at radius 3 is 2.64 bits per heavy atom. The summed E-state index contributed by atoms with van der Waals surface area (Å²) in [5.74, 6) is 1.46. The molecular formula is C21H19NO3. The molecule has 4 heteroatoms. The Hall–Kier alpha value is -3.14. The number of aromatic nitrogens is 1. The van der Waals surface area contributed by atoms with Crippen molar-refractivity contribution in [1.82, 2.24) is 4.98 Å². The number of ketones is 1. The van der Waals surface area contributed by atoms with Crippen LogP contribution in [-0.4, -0.2) is 17.9 Å². The Balaban J connectivity index is 1.97. The van der Waals surface area contributed by atoms with E-state index in [4.69, 9.17) is 9.47 Å². The van der Waals surface area contributed by atoms with Gasteiger partial charge in [-0.05, 0) is 55.0 Å². The topological polar surface area (TPSA) is 48.4 Å². The average molecular weight is 333 g/mol. The van der Waals surface area contributed by atoms with Crippen molar-refractivity contribution in [3.05, 3.63) is 78.1 Å². The van der Waals surface area contributed by atoms with Crippen LogP contribution in [0.3, 0.4) is 0 Å². The predicted molar refractivity (Wildman–Crippen MR) is 97.0 cm³/mol. The fourth-order valence-corrected chi connectivity index (χ4v) is 2.53. The van der Waals surface area contributed by atoms with Gasteiger partial charge in [0.25, 0.3) is 0 Å². The molecule has 0 saturated heterocycles. The number of carbonyl (C=O) groups is 1. The van der Waals surface area contributed by atoms with E-state index in [0.717, 1.165) is 22.6 Å². The van der Waals surface area contributed by atoms with Crippen molar-refractivity contribution in [3.8, 4) is 22.6 Å². The molecule has 0 spiro atoms. The number of Topliss-reactive ketones (excluding diaryl/α,β-unsaturated/α-hetero) is 1. The van der Waals surface area contributed by atoms with E-state index in [0.29, 0.717) is 17.9 Å². The van der Waals surface area contributed by atoms with Crippen LogP contribution in [0.25, 0.3) is 11.1 Å². The molecule has 3 rings (SSSR count). The first kappa shape index (κ1) is 16.7. The van der Waals surface area contributed by atoms with Gasteiger partial charge in [-0.15, -0.1) is 0 Å². The largest absolute Gasteiger partial charge is 0.497 e. The summed E-state index contributed by atoms with van der Waals surface area (Å²) >= 11 is 0. The molecule has 1 heterocycles. The highest BCUT2D eigenvalue weighted by atomic mass is 16.5. The predicted octanol–water partition coefficient (Wildman–Crippen LogP) is 4.54. The van der Waals surface area contributed by atoms with E-state index in [1.54, 1.807) is 26.3 Å². The number of benzene rings is 2. The van der Waals surface area contributed by atoms with Gasteiger partial charge in [0.15, 0.2) is 5.78 Å². The van der Waals surface area contributed by atoms with Crippen LogP contribution < -0.4 is 9.47 Å². The zero-order valence-electron chi connectivity index (χ0n) is 14.2. The Morgan fingerprint density at radius 2 is 1.92 bits per heavy atom. The number of hydrogen-bond acceptors (Lipinski definition) is 4. The second-order valence-electron chi connectivity index (χ2n) is 5.61. The van der Waals surface area contributed by atoms with Crippen LogP contribution in [0.5, 0.6) is 11.5 Å². The number of rotatable bonds is 6. The van der Waals surface area contributed by atoms with Gasteiger partial charge in [-0.3, -0.25) is 9.78 Å². The second-order valence-corrected chi connectivity index (χ2v) is 5.61. The molecule has 4 nitrogen and oxygen atoms in total. The maximum atomic E-state index is 11.8. The van der Waals surface area contributed by atoms with Gasteiger partial charge >= 0.3 is 0 Å². The van der Waals surface area contributed by atoms with Crippen LogP contribution in [-0.2, 0) is 6.61 Å². The van der Waals surface area contributed by atoms with Crippen LogP contribution in [0.1, 0.15) is 23.0 Å². The molecule has 0 radical (unpaired) electrons. The molecule has 0 N–H and O–H groups in total. The minimum Gasteiger partial charge on any atom is -0.497 e. The number of hydrogen-bond donors (Lipinski definition) is 0. The van der Waals surface area contributed by atoms with Crippen LogP contribution >= 0.6 is 0 Å². The lowest BCUT2D eigenvalue weighted by atomic mass is 10.00. The maximum Gasteiger partial charge on any atom is 0.159 e. The van der Waals surface area contributed by atoms with Gasteiger partial charge < -0.3 is 9.47 Å². The van der Waals surface area contributed by atoms with E-state index < -0.39 is 0 Å². The quantitative estimate of drug-likeness (QED) is 0.621. The van der Waals surface area contributed by atoms with E-state index in [1.807, 2.05) is 54.6 Å². The summed E-state index contributed by atoms with van der Waals surface area (Å²) in [5.41, 5.74) is 3.26. The van der Waals surface area contributed by atoms with Crippen LogP contribution in [0.2, 0.25) is 0 Å². The standard InChI is InChI=1S/C21H19NO3/c1-15(23)16-9-10-21(25-14-18-7-3-4-11-22-18)20(13-16)17-6-5-8-19(12-17)24-2/h3-13H,14H2,1-2H3. The van der Waals surface area contributed by atoms with Crippen molar-refractivity contribution in [2.24, 2.45) is 0 Å². The van der Waals surface area contributed by atoms with E-state index >= 15 is 0 Å². The highest BCUT2D eigenvalue weighted by molar-refractivity contribution is 5.96. The lowest BCUT2D eigenvalue weighted by Gasteiger charge is -2.13. The van der Waals surface area contributed by atoms with Gasteiger partial charge in [-0.1, -0.05) is 18.2 Å². The Morgan fingerprint density at radius 1 is 1.04 bits per heavy atom. The van der Waals surface area contributed by atoms with Gasteiger partial charge in [0.1, 0.15) is 18.1 Å². The zero-order valence-corrected chi connectivity index (χ0v) is 14.2. The lowest BCUT2D eigenvalue weighted by molar-refractivity contribution is 0.101. The van der Waals surface area contributed by atoms with Crippen molar-refractivity contribution in [3.63, 3.8) is 0 Å². The molecule has 3 aromatic rings. The number of pyridine rings is 1. The molecule has 0 amide bonds. The highest BCUT2D eigenvalue weighted by Crippen LogP contribution is 2.33. The van der Waals surface area contributed by atoms with Gasteiger partial charge in [0.2, 0.25) is 0 Å². The monoisotopic (exact) mass is 333 g/mol. The van der Waals surface area contributed by atoms with Crippen LogP contribution in [0.15, 0.2) is 66.9 Å². The van der Waals surface area contributed by atoms with Gasteiger partial charge in [-0.25, -0.2) is 0 Å². The fraction of sp³-hybridized carbons (Fsp3) is 0.143. The third kappa shape index (κ3) is 4.04. The summed E-state index contributed by atoms with van der Waals surface area (Å²) in [6.45, 7) is 1.91. The number of methoxy groups -OCH3 is 1. The van der Waals surface area contributed by atoms with Gasteiger partial charge in [0, 0.05) is 17.3 Å². The summed E-state index contributed by atoms with van der Waals surface area (Å²) in [5, 5.41) is 0. The molecule has 0 aliphatic rings. The minimum absolute atomic E-state index is 0.0143. The molecule has 2 aromatic carbocycles. The number of nitrogens with zero attached hydrogens (tertiary/aromatic N) is 1. The molecular weight excluding hydrogens is 314 g/mol. The average Bonchev–Trinajstić information content (AvgIpc) is 2.67. The first-order valence-electron chi connectivity index (χ1n) is 7.99. The molecule has 0 fully saturated rings. The Bertz CT molecular complexity index is 875. The second kappa shape index (κ2) is 7.62. The van der Waals surface area contributed by atoms with Gasteiger partial charge in [0.05, 0.1) is 12.8 Å². The normalized spacial score (nSPS) is 10.3. The van der Waals surface area contributed by atoms with Crippen molar-refractivity contribution >= 4 is 5.78 Å². The van der Waals surface area contributed by atoms with E-state index in [1.165, 1.54) is 0 Å². The van der Waals surface area contributed by atoms with E-state index in [-0.39, 0.29) is 5.78 Å². The van der Waals surface area contributed by atoms with Gasteiger partial charge in [-0.2, -0.15) is 0 Å². The number of ether oxygens (including phenoxy) is 2. The van der Waals surface area contributed by atoms with E-state index in [9.17, 15) is 4.79 Å². The van der Waals surface area contributed by atoms with Crippen molar-refractivity contribution in [2.75, 3.05) is 7.11 Å². The molecule has 1 aromatic heterocycles. The molecule has 0 aliphatic carbocycles. The van der Waals surface area contributed by atoms with E-state index in [2.05, 4.69) is 4.98 Å². The third-order valence-electron chi connectivity index (χ3n) is 3.87. The molecule has 126 valence electrons. The summed E-state index contributed by atoms with van der Waals surface area (Å²) in [6.07, 6.45) is 1.74. The van der Waals surface area contributed by atoms with Crippen LogP contribution in [0, 0.1) is 0 Å². The van der Waals surface area contributed by atoms with Crippen LogP contribution in [0.4, 0.5) is 0 Å². The SMILES string of the molecule is COc1cccc(-c2cc(C(C)=O)ccc2OCc2ccccn2)c1. The molecule has 0 saturated carbocycles. The Labute approximate surface area is 147 Å². The molecule has 0 unspecified atom stereocenters. The molecule has 0 atom stereocenters. The summed E-state index contributed by atoms with van der Waals surface area (Å²) in [7, 11) is 1.63. The van der Waals surface area contributed by atoms with Crippen molar-refractivity contribution in [1.29, 1.82) is 0 Å². The first-order valence-corrected chi connectivity index (χ1v) is 7.99. The third-order valence-corrected chi connectivity index (χ3v) is 3.87. The molecule has 0 aliphatic heterocycles. The number of carbonyl (C=O) groups excluding carboxylic acids is 1. The molecule has 25 heavy (non-hydrogen) atoms. The summed E-state index contributed by atoms with van der Waals surface area (Å²) in [4.78, 5) is 16.0. The molecule has 0 bridgehead atoms. The zero-order chi connectivity index (χ0) is 17.6. The first-order chi connectivity index (χ1) is 12.2. The fourth-order valence-electron chi connectivity index (χ4n) is 2.53. The lowest BCUT2D eigenvalue weighted by Crippen LogP contribution is -2.00. The van der Waals surface area contributed by atoms with Crippen molar-refractivity contribution < 1.29 is 14.3 Å². The maximum absolute atomic E-state index is 11.8. The van der Waals surface area contributed by atoms with Crippen molar-refractivity contribution in [2.45, 2.75) is 13.5 Å². The highest BCUT2D eigenvalue weighted by Gasteiger charge is 2.11. The smallest absolute Gasteiger partial charge is 0.159 e.